The van der Waals surface area contributed by atoms with E-state index in [9.17, 15) is 19.2 Å². The summed E-state index contributed by atoms with van der Waals surface area (Å²) in [5, 5.41) is 3.01. The second kappa shape index (κ2) is 12.9. The molecule has 0 bridgehead atoms. The Labute approximate surface area is 274 Å². The van der Waals surface area contributed by atoms with E-state index in [4.69, 9.17) is 4.74 Å². The molecule has 2 saturated heterocycles. The molecule has 2 aliphatic rings. The van der Waals surface area contributed by atoms with Crippen LogP contribution >= 0.6 is 0 Å². The van der Waals surface area contributed by atoms with Crippen molar-refractivity contribution in [1.82, 2.24) is 24.3 Å². The summed E-state index contributed by atoms with van der Waals surface area (Å²) in [5.41, 5.74) is 7.55. The third kappa shape index (κ3) is 6.00. The van der Waals surface area contributed by atoms with Crippen LogP contribution < -0.4 is 21.5 Å². The highest BCUT2D eigenvalue weighted by Gasteiger charge is 2.33. The zero-order valence-corrected chi connectivity index (χ0v) is 28.1. The number of hydrogen-bond acceptors (Lipinski definition) is 6. The van der Waals surface area contributed by atoms with Gasteiger partial charge in [-0.3, -0.25) is 23.5 Å². The van der Waals surface area contributed by atoms with Gasteiger partial charge in [-0.05, 0) is 93.1 Å². The van der Waals surface area contributed by atoms with Crippen LogP contribution in [0.2, 0.25) is 0 Å². The van der Waals surface area contributed by atoms with Gasteiger partial charge in [0.05, 0.1) is 17.1 Å². The van der Waals surface area contributed by atoms with E-state index in [0.717, 1.165) is 64.1 Å². The van der Waals surface area contributed by atoms with Crippen molar-refractivity contribution in [3.8, 4) is 11.1 Å². The lowest BCUT2D eigenvalue weighted by Crippen LogP contribution is -2.52. The largest absolute Gasteiger partial charge is 0.381 e. The van der Waals surface area contributed by atoms with E-state index in [-0.39, 0.29) is 41.7 Å². The molecule has 4 aromatic rings. The molecule has 2 aromatic carbocycles. The Morgan fingerprint density at radius 3 is 2.38 bits per heavy atom. The number of pyridine rings is 1. The van der Waals surface area contributed by atoms with Gasteiger partial charge in [0.25, 0.3) is 11.5 Å². The molecular weight excluding hydrogens is 596 g/mol. The van der Waals surface area contributed by atoms with Crippen LogP contribution in [-0.4, -0.2) is 69.7 Å². The van der Waals surface area contributed by atoms with Crippen LogP contribution in [-0.2, 0) is 23.1 Å². The molecule has 2 fully saturated rings. The Bertz CT molecular complexity index is 1980. The number of carbonyl (C=O) groups is 2. The molecule has 0 aliphatic carbocycles. The number of imidazole rings is 1. The number of anilines is 1. The van der Waals surface area contributed by atoms with E-state index < -0.39 is 0 Å². The maximum Gasteiger partial charge on any atom is 0.329 e. The number of fused-ring (bicyclic) bond motifs is 1. The van der Waals surface area contributed by atoms with Gasteiger partial charge >= 0.3 is 5.69 Å². The number of amides is 2. The summed E-state index contributed by atoms with van der Waals surface area (Å²) >= 11 is 0. The van der Waals surface area contributed by atoms with E-state index in [1.54, 1.807) is 28.0 Å². The molecule has 248 valence electrons. The summed E-state index contributed by atoms with van der Waals surface area (Å²) in [4.78, 5) is 58.7. The molecule has 0 atom stereocenters. The fourth-order valence-corrected chi connectivity index (χ4v) is 7.16. The number of benzene rings is 2. The number of aromatic amines is 1. The smallest absolute Gasteiger partial charge is 0.329 e. The summed E-state index contributed by atoms with van der Waals surface area (Å²) in [5.74, 6) is -0.248. The molecule has 2 amide bonds. The highest BCUT2D eigenvalue weighted by Crippen LogP contribution is 2.35. The SMILES string of the molecule is CCN(c1cc(-c2ccc3c(c2)n(C)c(=O)n3C2CN(C(C)=O)C2)cc(C(=O)NCc2c(C)cc(C)[nH]c2=O)c1C)C1CCOCC1. The lowest BCUT2D eigenvalue weighted by Gasteiger charge is -2.39. The van der Waals surface area contributed by atoms with Gasteiger partial charge in [0.2, 0.25) is 5.91 Å². The van der Waals surface area contributed by atoms with Gasteiger partial charge in [0.1, 0.15) is 0 Å². The molecule has 6 rings (SSSR count). The average Bonchev–Trinajstić information content (AvgIpc) is 3.26. The maximum atomic E-state index is 13.9. The first-order valence-electron chi connectivity index (χ1n) is 16.4. The van der Waals surface area contributed by atoms with Crippen LogP contribution in [0, 0.1) is 20.8 Å². The number of aryl methyl sites for hydroxylation is 3. The van der Waals surface area contributed by atoms with Crippen LogP contribution in [0.1, 0.15) is 65.5 Å². The van der Waals surface area contributed by atoms with Crippen molar-refractivity contribution in [2.24, 2.45) is 7.05 Å². The second-order valence-electron chi connectivity index (χ2n) is 12.9. The molecular formula is C36H44N6O5. The number of rotatable bonds is 8. The number of aromatic nitrogens is 3. The summed E-state index contributed by atoms with van der Waals surface area (Å²) in [6.07, 6.45) is 1.80. The summed E-state index contributed by atoms with van der Waals surface area (Å²) in [6.45, 7) is 12.7. The summed E-state index contributed by atoms with van der Waals surface area (Å²) in [7, 11) is 1.77. The first-order valence-corrected chi connectivity index (χ1v) is 16.4. The van der Waals surface area contributed by atoms with Crippen molar-refractivity contribution in [2.75, 3.05) is 37.7 Å². The van der Waals surface area contributed by atoms with Crippen molar-refractivity contribution in [2.45, 2.75) is 66.1 Å². The molecule has 0 unspecified atom stereocenters. The standard InChI is InChI=1S/C36H44N6O5/c1-7-41(27-10-12-47-13-11-27)32-17-26(15-29(23(32)4)34(44)37-18-30-21(2)14-22(3)38-35(30)45)25-8-9-31-33(16-25)39(6)36(46)42(31)28-19-40(20-28)24(5)43/h8-9,14-17,27-28H,7,10-13,18-20H2,1-6H3,(H,37,44)(H,38,45). The molecule has 2 N–H and O–H groups in total. The Morgan fingerprint density at radius 2 is 1.72 bits per heavy atom. The fraction of sp³-hybridized carbons (Fsp3) is 0.444. The van der Waals surface area contributed by atoms with Crippen molar-refractivity contribution in [3.05, 3.63) is 85.2 Å². The van der Waals surface area contributed by atoms with Crippen molar-refractivity contribution in [1.29, 1.82) is 0 Å². The molecule has 11 nitrogen and oxygen atoms in total. The number of hydrogen-bond donors (Lipinski definition) is 2. The predicted octanol–water partition coefficient (Wildman–Crippen LogP) is 3.96. The zero-order valence-electron chi connectivity index (χ0n) is 28.1. The van der Waals surface area contributed by atoms with Gasteiger partial charge in [-0.2, -0.15) is 0 Å². The first-order chi connectivity index (χ1) is 22.5. The van der Waals surface area contributed by atoms with Gasteiger partial charge in [0.15, 0.2) is 0 Å². The zero-order chi connectivity index (χ0) is 33.6. The number of ether oxygens (including phenoxy) is 1. The monoisotopic (exact) mass is 640 g/mol. The molecule has 2 aliphatic heterocycles. The Morgan fingerprint density at radius 1 is 1.00 bits per heavy atom. The number of nitrogens with zero attached hydrogens (tertiary/aromatic N) is 4. The summed E-state index contributed by atoms with van der Waals surface area (Å²) < 4.78 is 9.10. The third-order valence-corrected chi connectivity index (χ3v) is 9.92. The molecule has 4 heterocycles. The highest BCUT2D eigenvalue weighted by atomic mass is 16.5. The van der Waals surface area contributed by atoms with Crippen LogP contribution in [0.25, 0.3) is 22.2 Å². The fourth-order valence-electron chi connectivity index (χ4n) is 7.16. The molecule has 0 saturated carbocycles. The quantitative estimate of drug-likeness (QED) is 0.301. The van der Waals surface area contributed by atoms with Crippen LogP contribution in [0.4, 0.5) is 5.69 Å². The lowest BCUT2D eigenvalue weighted by atomic mass is 9.95. The van der Waals surface area contributed by atoms with Crippen molar-refractivity contribution < 1.29 is 14.3 Å². The van der Waals surface area contributed by atoms with Crippen LogP contribution in [0.15, 0.2) is 46.0 Å². The van der Waals surface area contributed by atoms with Crippen molar-refractivity contribution >= 4 is 28.5 Å². The minimum Gasteiger partial charge on any atom is -0.381 e. The van der Waals surface area contributed by atoms with Gasteiger partial charge < -0.3 is 24.8 Å². The van der Waals surface area contributed by atoms with Crippen LogP contribution in [0.3, 0.4) is 0 Å². The Balaban J connectivity index is 1.41. The minimum absolute atomic E-state index is 0.00881. The van der Waals surface area contributed by atoms with Crippen molar-refractivity contribution in [3.63, 3.8) is 0 Å². The highest BCUT2D eigenvalue weighted by molar-refractivity contribution is 5.99. The number of likely N-dealkylation sites (tertiary alicyclic amines) is 1. The van der Waals surface area contributed by atoms with Gasteiger partial charge in [-0.25, -0.2) is 4.79 Å². The van der Waals surface area contributed by atoms with E-state index in [0.29, 0.717) is 37.4 Å². The lowest BCUT2D eigenvalue weighted by molar-refractivity contribution is -0.134. The normalized spacial score (nSPS) is 15.6. The number of H-pyrrole nitrogens is 1. The molecule has 47 heavy (non-hydrogen) atoms. The van der Waals surface area contributed by atoms with E-state index in [2.05, 4.69) is 28.2 Å². The summed E-state index contributed by atoms with van der Waals surface area (Å²) in [6, 6.07) is 12.1. The maximum absolute atomic E-state index is 13.9. The van der Waals surface area contributed by atoms with Gasteiger partial charge in [-0.1, -0.05) is 6.07 Å². The molecule has 11 heteroatoms. The van der Waals surface area contributed by atoms with E-state index in [1.807, 2.05) is 51.1 Å². The topological polar surface area (TPSA) is 122 Å². The van der Waals surface area contributed by atoms with Gasteiger partial charge in [0, 0.05) is 81.9 Å². The first kappa shape index (κ1) is 32.3. The van der Waals surface area contributed by atoms with Crippen LogP contribution in [0.5, 0.6) is 0 Å². The molecule has 0 spiro atoms. The third-order valence-electron chi connectivity index (χ3n) is 9.92. The van der Waals surface area contributed by atoms with E-state index >= 15 is 0 Å². The van der Waals surface area contributed by atoms with Gasteiger partial charge in [-0.15, -0.1) is 0 Å². The number of carbonyl (C=O) groups excluding carboxylic acids is 2. The Hall–Kier alpha value is -4.64. The second-order valence-corrected chi connectivity index (χ2v) is 12.9. The molecule has 2 aromatic heterocycles. The van der Waals surface area contributed by atoms with E-state index in [1.165, 1.54) is 0 Å². The minimum atomic E-state index is -0.257. The predicted molar refractivity (Wildman–Crippen MR) is 183 cm³/mol. The Kier molecular flexibility index (Phi) is 8.84. The average molecular weight is 641 g/mol. The molecule has 0 radical (unpaired) electrons. The number of nitrogens with one attached hydrogen (secondary N) is 2.